The van der Waals surface area contributed by atoms with Gasteiger partial charge in [0.2, 0.25) is 0 Å². The Balaban J connectivity index is 0.782. The summed E-state index contributed by atoms with van der Waals surface area (Å²) in [5, 5.41) is 13.4. The van der Waals surface area contributed by atoms with Crippen LogP contribution in [0.2, 0.25) is 0 Å². The maximum Gasteiger partial charge on any atom is 0.187 e. The summed E-state index contributed by atoms with van der Waals surface area (Å²) in [5.41, 5.74) is 6.02. The Kier molecular flexibility index (Phi) is 14.4. The van der Waals surface area contributed by atoms with Crippen molar-refractivity contribution in [3.05, 3.63) is 148 Å². The van der Waals surface area contributed by atoms with Crippen LogP contribution in [-0.2, 0) is 27.7 Å². The maximum absolute atomic E-state index is 9.16. The zero-order valence-corrected chi connectivity index (χ0v) is 36.7. The average Bonchev–Trinajstić information content (AvgIpc) is 4.26. The molecule has 6 aromatic carbocycles. The van der Waals surface area contributed by atoms with Crippen LogP contribution in [-0.4, -0.2) is 51.8 Å². The van der Waals surface area contributed by atoms with E-state index in [0.29, 0.717) is 37.7 Å². The van der Waals surface area contributed by atoms with Crippen molar-refractivity contribution >= 4 is 27.2 Å². The molecule has 0 saturated carbocycles. The first-order valence-corrected chi connectivity index (χ1v) is 22.7. The van der Waals surface area contributed by atoms with E-state index in [1.54, 1.807) is 0 Å². The summed E-state index contributed by atoms with van der Waals surface area (Å²) in [6.07, 6.45) is 10.5. The first kappa shape index (κ1) is 43.6. The van der Waals surface area contributed by atoms with Crippen molar-refractivity contribution in [2.75, 3.05) is 39.6 Å². The second-order valence-electron chi connectivity index (χ2n) is 17.5. The van der Waals surface area contributed by atoms with E-state index in [0.717, 1.165) is 122 Å². The Morgan fingerprint density at radius 2 is 1.00 bits per heavy atom. The lowest BCUT2D eigenvalue weighted by molar-refractivity contribution is 0.285. The van der Waals surface area contributed by atoms with E-state index in [4.69, 9.17) is 40.3 Å². The lowest BCUT2D eigenvalue weighted by Gasteiger charge is -2.28. The van der Waals surface area contributed by atoms with Gasteiger partial charge in [0, 0.05) is 18.3 Å². The molecule has 0 N–H and O–H groups in total. The highest BCUT2D eigenvalue weighted by Gasteiger charge is 2.30. The predicted molar refractivity (Wildman–Crippen MR) is 250 cm³/mol. The Hall–Kier alpha value is -6.06. The minimum atomic E-state index is -0.234. The van der Waals surface area contributed by atoms with Crippen LogP contribution in [0.4, 0.5) is 5.69 Å². The summed E-state index contributed by atoms with van der Waals surface area (Å²) in [7, 11) is 0. The van der Waals surface area contributed by atoms with E-state index in [9.17, 15) is 0 Å². The Bertz CT molecular complexity index is 2400. The molecule has 6 aromatic rings. The molecule has 2 unspecified atom stereocenters. The first-order chi connectivity index (χ1) is 30.8. The van der Waals surface area contributed by atoms with Crippen LogP contribution < -0.4 is 18.9 Å². The molecular formula is C55H58N2O6. The van der Waals surface area contributed by atoms with E-state index in [1.165, 1.54) is 22.3 Å². The van der Waals surface area contributed by atoms with E-state index in [2.05, 4.69) is 61.2 Å². The molecule has 2 saturated heterocycles. The zero-order valence-electron chi connectivity index (χ0n) is 36.7. The van der Waals surface area contributed by atoms with Crippen LogP contribution in [0.1, 0.15) is 93.0 Å². The molecule has 2 fully saturated rings. The third-order valence-corrected chi connectivity index (χ3v) is 12.3. The Morgan fingerprint density at radius 3 is 1.48 bits per heavy atom. The van der Waals surface area contributed by atoms with Crippen molar-refractivity contribution < 1.29 is 28.4 Å². The summed E-state index contributed by atoms with van der Waals surface area (Å²) in [4.78, 5) is 3.52. The largest absolute Gasteiger partial charge is 0.494 e. The molecule has 8 heteroatoms. The summed E-state index contributed by atoms with van der Waals surface area (Å²) < 4.78 is 36.3. The second kappa shape index (κ2) is 20.9. The van der Waals surface area contributed by atoms with Gasteiger partial charge in [-0.1, -0.05) is 68.4 Å². The molecule has 2 aliphatic heterocycles. The highest BCUT2D eigenvalue weighted by Crippen LogP contribution is 2.38. The molecule has 2 aliphatic rings. The van der Waals surface area contributed by atoms with Gasteiger partial charge in [0.1, 0.15) is 23.0 Å². The molecule has 0 aliphatic carbocycles. The van der Waals surface area contributed by atoms with Crippen molar-refractivity contribution in [1.29, 1.82) is 5.26 Å². The van der Waals surface area contributed by atoms with E-state index in [-0.39, 0.29) is 17.6 Å². The van der Waals surface area contributed by atoms with Gasteiger partial charge in [-0.15, -0.1) is 0 Å². The number of nitrogens with zero attached hydrogens (tertiary/aromatic N) is 2. The fourth-order valence-electron chi connectivity index (χ4n) is 8.18. The molecule has 0 aromatic heterocycles. The number of nitriles is 1. The van der Waals surface area contributed by atoms with Crippen LogP contribution >= 0.6 is 0 Å². The number of hydrogen-bond acceptors (Lipinski definition) is 7. The number of fused-ring (bicyclic) bond motifs is 2. The minimum Gasteiger partial charge on any atom is -0.494 e. The van der Waals surface area contributed by atoms with E-state index >= 15 is 0 Å². The molecule has 8 nitrogen and oxygen atoms in total. The fraction of sp³-hybridized carbons (Fsp3) is 0.382. The summed E-state index contributed by atoms with van der Waals surface area (Å²) in [6, 6.07) is 39.2. The molecule has 2 heterocycles. The van der Waals surface area contributed by atoms with Gasteiger partial charge < -0.3 is 28.4 Å². The van der Waals surface area contributed by atoms with Gasteiger partial charge in [-0.3, -0.25) is 0 Å². The smallest absolute Gasteiger partial charge is 0.187 e. The summed E-state index contributed by atoms with van der Waals surface area (Å²) in [6.45, 7) is 16.2. The zero-order chi connectivity index (χ0) is 43.4. The number of hydrogen-bond donors (Lipinski definition) is 0. The van der Waals surface area contributed by atoms with Gasteiger partial charge in [-0.05, 0) is 150 Å². The average molecular weight is 843 g/mol. The minimum absolute atomic E-state index is 0.234. The molecule has 0 spiro atoms. The highest BCUT2D eigenvalue weighted by atomic mass is 16.6. The third kappa shape index (κ3) is 12.1. The summed E-state index contributed by atoms with van der Waals surface area (Å²) in [5.74, 6) is 3.64. The number of benzene rings is 6. The topological polar surface area (TPSA) is 90.1 Å². The number of ether oxygens (including phenoxy) is 6. The van der Waals surface area contributed by atoms with Gasteiger partial charge in [0.25, 0.3) is 0 Å². The van der Waals surface area contributed by atoms with Crippen molar-refractivity contribution in [3.8, 4) is 29.1 Å². The quantitative estimate of drug-likeness (QED) is 0.0340. The van der Waals surface area contributed by atoms with Crippen LogP contribution in [0, 0.1) is 17.9 Å². The van der Waals surface area contributed by atoms with Crippen molar-refractivity contribution in [3.63, 3.8) is 0 Å². The molecule has 0 amide bonds. The van der Waals surface area contributed by atoms with Crippen LogP contribution in [0.25, 0.3) is 26.4 Å². The Labute approximate surface area is 372 Å². The van der Waals surface area contributed by atoms with Gasteiger partial charge >= 0.3 is 0 Å². The van der Waals surface area contributed by atoms with Gasteiger partial charge in [0.15, 0.2) is 5.69 Å². The molecule has 0 bridgehead atoms. The maximum atomic E-state index is 9.16. The normalized spacial score (nSPS) is 15.4. The van der Waals surface area contributed by atoms with Crippen LogP contribution in [0.15, 0.2) is 109 Å². The van der Waals surface area contributed by atoms with Crippen molar-refractivity contribution in [1.82, 2.24) is 0 Å². The lowest BCUT2D eigenvalue weighted by Crippen LogP contribution is -2.20. The van der Waals surface area contributed by atoms with Crippen molar-refractivity contribution in [2.24, 2.45) is 0 Å². The summed E-state index contributed by atoms with van der Waals surface area (Å²) >= 11 is 0. The van der Waals surface area contributed by atoms with Gasteiger partial charge in [-0.25, -0.2) is 4.85 Å². The van der Waals surface area contributed by atoms with E-state index in [1.807, 2.05) is 72.8 Å². The fourth-order valence-corrected chi connectivity index (χ4v) is 8.18. The SMILES string of the molecule is [C-]#[N+]c1ccc2cc(OCCCCCCOc3ccc(C(C)(C)c4ccc(OCCCCCCOc5ccc6cc(C#N)ccc6c5)c(CC5CO5)c4)cc3CC3CO3)ccc2c1. The molecule has 2 atom stereocenters. The monoisotopic (exact) mass is 842 g/mol. The molecule has 324 valence electrons. The first-order valence-electron chi connectivity index (χ1n) is 22.7. The lowest BCUT2D eigenvalue weighted by atomic mass is 9.76. The molecule has 8 rings (SSSR count). The highest BCUT2D eigenvalue weighted by molar-refractivity contribution is 5.87. The number of unbranched alkanes of at least 4 members (excludes halogenated alkanes) is 6. The van der Waals surface area contributed by atoms with Gasteiger partial charge in [0.05, 0.1) is 70.1 Å². The van der Waals surface area contributed by atoms with Crippen molar-refractivity contribution in [2.45, 2.75) is 95.7 Å². The predicted octanol–water partition coefficient (Wildman–Crippen LogP) is 12.7. The van der Waals surface area contributed by atoms with Gasteiger partial charge in [-0.2, -0.15) is 5.26 Å². The third-order valence-electron chi connectivity index (χ3n) is 12.3. The van der Waals surface area contributed by atoms with Crippen LogP contribution in [0.3, 0.4) is 0 Å². The number of epoxide rings is 2. The second-order valence-corrected chi connectivity index (χ2v) is 17.5. The molecular weight excluding hydrogens is 785 g/mol. The Morgan fingerprint density at radius 1 is 0.556 bits per heavy atom. The van der Waals surface area contributed by atoms with E-state index < -0.39 is 0 Å². The standard InChI is InChI=1S/C55H58N2O6/c1-55(2,46-17-22-53(44(29-46)34-51-37-62-51)60-26-10-6-4-8-24-58-49-20-15-40-28-39(36-56)12-13-42(40)32-49)47-18-23-54(45(30-47)35-52-38-63-52)61-27-11-7-5-9-25-59-50-21-16-41-31-48(57-3)19-14-43(41)33-50/h12-23,28-33,51-52H,4-11,24-27,34-35,37-38H2,1-2H3. The van der Waals surface area contributed by atoms with Crippen LogP contribution in [0.5, 0.6) is 23.0 Å². The number of rotatable bonds is 24. The molecule has 63 heavy (non-hydrogen) atoms. The molecule has 0 radical (unpaired) electrons.